The van der Waals surface area contributed by atoms with Crippen LogP contribution in [0.3, 0.4) is 0 Å². The third-order valence-electron chi connectivity index (χ3n) is 1.88. The van der Waals surface area contributed by atoms with E-state index in [1.165, 1.54) is 6.07 Å². The number of hydrogen-bond donors (Lipinski definition) is 1. The first kappa shape index (κ1) is 11.1. The molecule has 1 atom stereocenters. The monoisotopic (exact) mass is 216 g/mol. The van der Waals surface area contributed by atoms with Crippen LogP contribution in [0.4, 0.5) is 4.39 Å². The summed E-state index contributed by atoms with van der Waals surface area (Å²) in [4.78, 5) is 11.4. The Kier molecular flexibility index (Phi) is 3.61. The average molecular weight is 217 g/mol. The highest BCUT2D eigenvalue weighted by atomic mass is 35.5. The Morgan fingerprint density at radius 1 is 1.64 bits per heavy atom. The van der Waals surface area contributed by atoms with Crippen LogP contribution in [-0.4, -0.2) is 17.0 Å². The number of carbonyl (C=O) groups excluding carboxylic acids is 1. The van der Waals surface area contributed by atoms with Gasteiger partial charge in [-0.05, 0) is 24.6 Å². The molecule has 0 aromatic heterocycles. The van der Waals surface area contributed by atoms with Crippen molar-refractivity contribution in [2.45, 2.75) is 19.4 Å². The van der Waals surface area contributed by atoms with E-state index in [1.807, 2.05) is 0 Å². The molecule has 14 heavy (non-hydrogen) atoms. The predicted molar refractivity (Wildman–Crippen MR) is 52.0 cm³/mol. The largest absolute Gasteiger partial charge is 0.385 e. The lowest BCUT2D eigenvalue weighted by atomic mass is 10.0. The Bertz CT molecular complexity index is 352. The van der Waals surface area contributed by atoms with Crippen LogP contribution in [-0.2, 0) is 0 Å². The molecule has 4 heteroatoms. The van der Waals surface area contributed by atoms with Crippen LogP contribution in [0.25, 0.3) is 0 Å². The second-order valence-corrected chi connectivity index (χ2v) is 3.32. The van der Waals surface area contributed by atoms with Gasteiger partial charge in [-0.15, -0.1) is 0 Å². The van der Waals surface area contributed by atoms with E-state index >= 15 is 0 Å². The van der Waals surface area contributed by atoms with Crippen molar-refractivity contribution in [3.8, 4) is 0 Å². The maximum absolute atomic E-state index is 12.8. The van der Waals surface area contributed by atoms with Crippen molar-refractivity contribution in [2.75, 3.05) is 0 Å². The zero-order valence-corrected chi connectivity index (χ0v) is 8.38. The molecule has 0 saturated carbocycles. The summed E-state index contributed by atoms with van der Waals surface area (Å²) in [5, 5.41) is 9.42. The van der Waals surface area contributed by atoms with Crippen LogP contribution in [0.5, 0.6) is 0 Å². The van der Waals surface area contributed by atoms with E-state index in [2.05, 4.69) is 0 Å². The summed E-state index contributed by atoms with van der Waals surface area (Å²) in [6, 6.07) is 3.49. The maximum Gasteiger partial charge on any atom is 0.192 e. The van der Waals surface area contributed by atoms with E-state index in [0.717, 1.165) is 12.1 Å². The first-order chi connectivity index (χ1) is 6.56. The number of halogens is 2. The second kappa shape index (κ2) is 4.53. The van der Waals surface area contributed by atoms with Crippen LogP contribution in [0.2, 0.25) is 5.02 Å². The minimum atomic E-state index is -1.12. The Balaban J connectivity index is 3.06. The highest BCUT2D eigenvalue weighted by Crippen LogP contribution is 2.19. The second-order valence-electron chi connectivity index (χ2n) is 2.91. The Hall–Kier alpha value is -0.930. The van der Waals surface area contributed by atoms with Crippen molar-refractivity contribution in [3.63, 3.8) is 0 Å². The average Bonchev–Trinajstić information content (AvgIpc) is 2.19. The topological polar surface area (TPSA) is 37.3 Å². The SMILES string of the molecule is CCC(O)C(=O)c1cc(F)ccc1Cl. The van der Waals surface area contributed by atoms with Gasteiger partial charge in [0, 0.05) is 5.56 Å². The molecule has 1 unspecified atom stereocenters. The molecule has 1 rings (SSSR count). The molecular formula is C10H10ClFO2. The summed E-state index contributed by atoms with van der Waals surface area (Å²) in [6.45, 7) is 1.66. The van der Waals surface area contributed by atoms with Gasteiger partial charge in [-0.2, -0.15) is 0 Å². The molecule has 0 aliphatic heterocycles. The van der Waals surface area contributed by atoms with Crippen LogP contribution in [0.1, 0.15) is 23.7 Å². The van der Waals surface area contributed by atoms with Crippen molar-refractivity contribution < 1.29 is 14.3 Å². The fourth-order valence-corrected chi connectivity index (χ4v) is 1.26. The Morgan fingerprint density at radius 2 is 2.29 bits per heavy atom. The van der Waals surface area contributed by atoms with E-state index in [-0.39, 0.29) is 17.0 Å². The highest BCUT2D eigenvalue weighted by Gasteiger charge is 2.18. The number of hydrogen-bond acceptors (Lipinski definition) is 2. The summed E-state index contributed by atoms with van der Waals surface area (Å²) in [5.41, 5.74) is 0.0287. The molecule has 0 aliphatic rings. The lowest BCUT2D eigenvalue weighted by molar-refractivity contribution is 0.0740. The summed E-state index contributed by atoms with van der Waals surface area (Å²) in [5.74, 6) is -1.09. The number of carbonyl (C=O) groups is 1. The van der Waals surface area contributed by atoms with Crippen LogP contribution in [0, 0.1) is 5.82 Å². The van der Waals surface area contributed by atoms with E-state index < -0.39 is 17.7 Å². The first-order valence-corrected chi connectivity index (χ1v) is 4.61. The number of ketones is 1. The lowest BCUT2D eigenvalue weighted by Gasteiger charge is -2.07. The third-order valence-corrected chi connectivity index (χ3v) is 2.21. The number of benzene rings is 1. The molecule has 2 nitrogen and oxygen atoms in total. The van der Waals surface area contributed by atoms with E-state index in [4.69, 9.17) is 11.6 Å². The zero-order valence-electron chi connectivity index (χ0n) is 7.63. The van der Waals surface area contributed by atoms with E-state index in [9.17, 15) is 14.3 Å². The third kappa shape index (κ3) is 2.30. The van der Waals surface area contributed by atoms with Gasteiger partial charge in [0.2, 0.25) is 0 Å². The molecule has 0 amide bonds. The molecule has 0 spiro atoms. The van der Waals surface area contributed by atoms with Gasteiger partial charge in [0.1, 0.15) is 11.9 Å². The van der Waals surface area contributed by atoms with Gasteiger partial charge in [0.25, 0.3) is 0 Å². The first-order valence-electron chi connectivity index (χ1n) is 4.23. The molecular weight excluding hydrogens is 207 g/mol. The van der Waals surface area contributed by atoms with Gasteiger partial charge in [0.05, 0.1) is 5.02 Å². The molecule has 0 saturated heterocycles. The highest BCUT2D eigenvalue weighted by molar-refractivity contribution is 6.34. The molecule has 0 aliphatic carbocycles. The smallest absolute Gasteiger partial charge is 0.192 e. The molecule has 0 fully saturated rings. The zero-order chi connectivity index (χ0) is 10.7. The van der Waals surface area contributed by atoms with Gasteiger partial charge in [-0.3, -0.25) is 4.79 Å². The van der Waals surface area contributed by atoms with Crippen LogP contribution < -0.4 is 0 Å². The maximum atomic E-state index is 12.8. The molecule has 0 bridgehead atoms. The molecule has 76 valence electrons. The fraction of sp³-hybridized carbons (Fsp3) is 0.300. The molecule has 1 N–H and O–H groups in total. The minimum absolute atomic E-state index is 0.0287. The summed E-state index contributed by atoms with van der Waals surface area (Å²) in [7, 11) is 0. The van der Waals surface area contributed by atoms with Gasteiger partial charge < -0.3 is 5.11 Å². The summed E-state index contributed by atoms with van der Waals surface area (Å²) in [6.07, 6.45) is -0.833. The van der Waals surface area contributed by atoms with Gasteiger partial charge in [-0.25, -0.2) is 4.39 Å². The van der Waals surface area contributed by atoms with Crippen molar-refractivity contribution in [1.82, 2.24) is 0 Å². The fourth-order valence-electron chi connectivity index (χ4n) is 1.05. The van der Waals surface area contributed by atoms with E-state index in [1.54, 1.807) is 6.92 Å². The van der Waals surface area contributed by atoms with Gasteiger partial charge in [-0.1, -0.05) is 18.5 Å². The van der Waals surface area contributed by atoms with Crippen molar-refractivity contribution in [1.29, 1.82) is 0 Å². The summed E-state index contributed by atoms with van der Waals surface area (Å²) < 4.78 is 12.8. The normalized spacial score (nSPS) is 12.6. The Labute approximate surface area is 86.3 Å². The lowest BCUT2D eigenvalue weighted by Crippen LogP contribution is -2.19. The molecule has 1 aromatic rings. The van der Waals surface area contributed by atoms with Gasteiger partial charge in [0.15, 0.2) is 5.78 Å². The molecule has 0 radical (unpaired) electrons. The number of aliphatic hydroxyl groups is 1. The van der Waals surface area contributed by atoms with Crippen molar-refractivity contribution in [2.24, 2.45) is 0 Å². The molecule has 0 heterocycles. The van der Waals surface area contributed by atoms with Crippen LogP contribution in [0.15, 0.2) is 18.2 Å². The van der Waals surface area contributed by atoms with Crippen LogP contribution >= 0.6 is 11.6 Å². The quantitative estimate of drug-likeness (QED) is 0.788. The van der Waals surface area contributed by atoms with Gasteiger partial charge >= 0.3 is 0 Å². The van der Waals surface area contributed by atoms with Crippen molar-refractivity contribution >= 4 is 17.4 Å². The standard InChI is InChI=1S/C10H10ClFO2/c1-2-9(13)10(14)7-5-6(12)3-4-8(7)11/h3-5,9,13H,2H2,1H3. The number of Topliss-reactive ketones (excluding diaryl/α,β-unsaturated/α-hetero) is 1. The number of rotatable bonds is 3. The predicted octanol–water partition coefficient (Wildman–Crippen LogP) is 2.43. The molecule has 1 aromatic carbocycles. The van der Waals surface area contributed by atoms with E-state index in [0.29, 0.717) is 0 Å². The Morgan fingerprint density at radius 3 is 2.86 bits per heavy atom. The number of aliphatic hydroxyl groups excluding tert-OH is 1. The van der Waals surface area contributed by atoms with Crippen molar-refractivity contribution in [3.05, 3.63) is 34.6 Å². The minimum Gasteiger partial charge on any atom is -0.385 e. The summed E-state index contributed by atoms with van der Waals surface area (Å²) >= 11 is 5.69.